The highest BCUT2D eigenvalue weighted by molar-refractivity contribution is 5.95. The molecule has 1 amide bonds. The molecule has 1 aromatic heterocycles. The second kappa shape index (κ2) is 7.69. The van der Waals surface area contributed by atoms with Crippen LogP contribution in [0.1, 0.15) is 5.69 Å². The van der Waals surface area contributed by atoms with Gasteiger partial charge in [0.25, 0.3) is 5.91 Å². The van der Waals surface area contributed by atoms with Gasteiger partial charge in [-0.25, -0.2) is 0 Å². The van der Waals surface area contributed by atoms with Crippen molar-refractivity contribution in [3.05, 3.63) is 78.0 Å². The Labute approximate surface area is 169 Å². The van der Waals surface area contributed by atoms with E-state index in [0.29, 0.717) is 25.5 Å². The maximum atomic E-state index is 13.1. The van der Waals surface area contributed by atoms with Gasteiger partial charge in [-0.05, 0) is 23.6 Å². The van der Waals surface area contributed by atoms with Gasteiger partial charge in [0, 0.05) is 30.9 Å². The molecule has 3 aliphatic rings. The van der Waals surface area contributed by atoms with Crippen LogP contribution in [-0.4, -0.2) is 53.3 Å². The second-order valence-electron chi connectivity index (χ2n) is 7.20. The zero-order valence-corrected chi connectivity index (χ0v) is 16.0. The molecule has 0 aliphatic carbocycles. The monoisotopic (exact) mass is 389 g/mol. The van der Waals surface area contributed by atoms with Crippen LogP contribution in [-0.2, 0) is 16.1 Å². The largest absolute Gasteiger partial charge is 0.379 e. The molecule has 4 heterocycles. The first-order valence-corrected chi connectivity index (χ1v) is 9.88. The van der Waals surface area contributed by atoms with Gasteiger partial charge in [-0.15, -0.1) is 0 Å². The van der Waals surface area contributed by atoms with Crippen LogP contribution in [0.3, 0.4) is 0 Å². The number of carbonyl (C=O) groups excluding carboxylic acids is 1. The van der Waals surface area contributed by atoms with Crippen molar-refractivity contribution in [2.75, 3.05) is 26.3 Å². The van der Waals surface area contributed by atoms with E-state index in [4.69, 9.17) is 4.74 Å². The molecular weight excluding hydrogens is 366 g/mol. The molecule has 0 bridgehead atoms. The van der Waals surface area contributed by atoms with Crippen molar-refractivity contribution in [3.8, 4) is 0 Å². The summed E-state index contributed by atoms with van der Waals surface area (Å²) in [5.74, 6) is -0.129. The van der Waals surface area contributed by atoms with Gasteiger partial charge in [-0.2, -0.15) is 0 Å². The summed E-state index contributed by atoms with van der Waals surface area (Å²) in [7, 11) is 0. The molecule has 1 aromatic carbocycles. The lowest BCUT2D eigenvalue weighted by atomic mass is 10.1. The number of allylic oxidation sites excluding steroid dienone is 3. The SMILES string of the molecule is O=C(NCc1nccc2ccccc12)C1=C2C=CC=CN2C(N2CCOCC2)N1. The Morgan fingerprint density at radius 3 is 2.97 bits per heavy atom. The molecular formula is C22H23N5O2. The summed E-state index contributed by atoms with van der Waals surface area (Å²) in [6, 6.07) is 10.1. The van der Waals surface area contributed by atoms with Crippen LogP contribution < -0.4 is 10.6 Å². The number of pyridine rings is 1. The zero-order chi connectivity index (χ0) is 19.6. The predicted molar refractivity (Wildman–Crippen MR) is 110 cm³/mol. The van der Waals surface area contributed by atoms with E-state index in [0.717, 1.165) is 35.3 Å². The van der Waals surface area contributed by atoms with Crippen LogP contribution in [0.25, 0.3) is 10.8 Å². The van der Waals surface area contributed by atoms with Gasteiger partial charge in [0.05, 0.1) is 31.1 Å². The topological polar surface area (TPSA) is 69.7 Å². The minimum absolute atomic E-state index is 0.0773. The smallest absolute Gasteiger partial charge is 0.269 e. The Kier molecular flexibility index (Phi) is 4.75. The molecule has 7 nitrogen and oxygen atoms in total. The number of ether oxygens (including phenoxy) is 1. The van der Waals surface area contributed by atoms with E-state index in [1.54, 1.807) is 6.20 Å². The molecule has 2 N–H and O–H groups in total. The molecule has 29 heavy (non-hydrogen) atoms. The third-order valence-corrected chi connectivity index (χ3v) is 5.47. The lowest BCUT2D eigenvalue weighted by molar-refractivity contribution is -0.118. The van der Waals surface area contributed by atoms with Crippen LogP contribution >= 0.6 is 0 Å². The first-order valence-electron chi connectivity index (χ1n) is 9.88. The summed E-state index contributed by atoms with van der Waals surface area (Å²) >= 11 is 0. The Balaban J connectivity index is 1.34. The van der Waals surface area contributed by atoms with Gasteiger partial charge >= 0.3 is 0 Å². The minimum atomic E-state index is -0.129. The van der Waals surface area contributed by atoms with Crippen LogP contribution in [0.4, 0.5) is 0 Å². The molecule has 1 saturated heterocycles. The number of hydrogen-bond donors (Lipinski definition) is 2. The predicted octanol–water partition coefficient (Wildman–Crippen LogP) is 1.67. The van der Waals surface area contributed by atoms with Crippen molar-refractivity contribution in [2.45, 2.75) is 12.8 Å². The van der Waals surface area contributed by atoms with E-state index in [1.807, 2.05) is 48.7 Å². The summed E-state index contributed by atoms with van der Waals surface area (Å²) in [5, 5.41) is 8.63. The Morgan fingerprint density at radius 1 is 1.21 bits per heavy atom. The third-order valence-electron chi connectivity index (χ3n) is 5.47. The number of rotatable bonds is 4. The van der Waals surface area contributed by atoms with Gasteiger partial charge in [0.15, 0.2) is 6.29 Å². The minimum Gasteiger partial charge on any atom is -0.379 e. The molecule has 7 heteroatoms. The van der Waals surface area contributed by atoms with E-state index in [-0.39, 0.29) is 12.2 Å². The number of fused-ring (bicyclic) bond motifs is 2. The zero-order valence-electron chi connectivity index (χ0n) is 16.0. The van der Waals surface area contributed by atoms with Gasteiger partial charge in [-0.1, -0.05) is 30.3 Å². The van der Waals surface area contributed by atoms with E-state index in [9.17, 15) is 4.79 Å². The average molecular weight is 389 g/mol. The molecule has 148 valence electrons. The quantitative estimate of drug-likeness (QED) is 0.829. The number of hydrogen-bond acceptors (Lipinski definition) is 6. The third kappa shape index (κ3) is 3.39. The fourth-order valence-corrected chi connectivity index (χ4v) is 4.00. The van der Waals surface area contributed by atoms with Crippen molar-refractivity contribution >= 4 is 16.7 Å². The number of morpholine rings is 1. The van der Waals surface area contributed by atoms with Crippen molar-refractivity contribution in [2.24, 2.45) is 0 Å². The van der Waals surface area contributed by atoms with Crippen molar-refractivity contribution in [3.63, 3.8) is 0 Å². The van der Waals surface area contributed by atoms with Crippen LogP contribution in [0.15, 0.2) is 72.4 Å². The van der Waals surface area contributed by atoms with E-state index >= 15 is 0 Å². The molecule has 1 unspecified atom stereocenters. The Bertz CT molecular complexity index is 1020. The molecule has 0 radical (unpaired) electrons. The highest BCUT2D eigenvalue weighted by Crippen LogP contribution is 2.27. The maximum Gasteiger partial charge on any atom is 0.269 e. The molecule has 3 aliphatic heterocycles. The highest BCUT2D eigenvalue weighted by Gasteiger charge is 2.36. The molecule has 5 rings (SSSR count). The Morgan fingerprint density at radius 2 is 2.07 bits per heavy atom. The lowest BCUT2D eigenvalue weighted by Crippen LogP contribution is -2.54. The van der Waals surface area contributed by atoms with Crippen molar-refractivity contribution in [1.82, 2.24) is 25.4 Å². The number of carbonyl (C=O) groups is 1. The number of amides is 1. The summed E-state index contributed by atoms with van der Waals surface area (Å²) in [4.78, 5) is 21.9. The van der Waals surface area contributed by atoms with Gasteiger partial charge in [0.1, 0.15) is 5.70 Å². The molecule has 0 spiro atoms. The van der Waals surface area contributed by atoms with Gasteiger partial charge < -0.3 is 20.3 Å². The first kappa shape index (κ1) is 17.9. The van der Waals surface area contributed by atoms with Crippen LogP contribution in [0.5, 0.6) is 0 Å². The van der Waals surface area contributed by atoms with Gasteiger partial charge in [-0.3, -0.25) is 14.7 Å². The van der Waals surface area contributed by atoms with E-state index in [2.05, 4.69) is 31.5 Å². The molecule has 1 fully saturated rings. The fraction of sp³-hybridized carbons (Fsp3) is 0.273. The average Bonchev–Trinajstić information content (AvgIpc) is 3.18. The fourth-order valence-electron chi connectivity index (χ4n) is 4.00. The Hall–Kier alpha value is -3.16. The second-order valence-corrected chi connectivity index (χ2v) is 7.20. The van der Waals surface area contributed by atoms with Crippen LogP contribution in [0, 0.1) is 0 Å². The molecule has 2 aromatic rings. The molecule has 0 saturated carbocycles. The lowest BCUT2D eigenvalue weighted by Gasteiger charge is -2.37. The van der Waals surface area contributed by atoms with E-state index in [1.165, 1.54) is 0 Å². The highest BCUT2D eigenvalue weighted by atomic mass is 16.5. The summed E-state index contributed by atoms with van der Waals surface area (Å²) < 4.78 is 5.47. The normalized spacial score (nSPS) is 21.4. The number of benzene rings is 1. The van der Waals surface area contributed by atoms with Crippen molar-refractivity contribution in [1.29, 1.82) is 0 Å². The summed E-state index contributed by atoms with van der Waals surface area (Å²) in [6.07, 6.45) is 9.62. The van der Waals surface area contributed by atoms with Gasteiger partial charge in [0.2, 0.25) is 0 Å². The standard InChI is InChI=1S/C22H23N5O2/c28-21(24-15-18-17-6-2-1-5-16(17)8-9-23-18)20-19-7-3-4-10-27(19)22(25-20)26-11-13-29-14-12-26/h1-10,22,25H,11-15H2,(H,24,28). The number of nitrogens with zero attached hydrogens (tertiary/aromatic N) is 3. The number of nitrogens with one attached hydrogen (secondary N) is 2. The number of aromatic nitrogens is 1. The molecule has 1 atom stereocenters. The summed E-state index contributed by atoms with van der Waals surface area (Å²) in [5.41, 5.74) is 2.33. The van der Waals surface area contributed by atoms with Crippen LogP contribution in [0.2, 0.25) is 0 Å². The maximum absolute atomic E-state index is 13.1. The summed E-state index contributed by atoms with van der Waals surface area (Å²) in [6.45, 7) is 3.44. The van der Waals surface area contributed by atoms with Crippen molar-refractivity contribution < 1.29 is 9.53 Å². The van der Waals surface area contributed by atoms with E-state index < -0.39 is 0 Å². The first-order chi connectivity index (χ1) is 14.3.